The first-order chi connectivity index (χ1) is 19.4. The van der Waals surface area contributed by atoms with Crippen LogP contribution in [0.4, 0.5) is 11.4 Å². The molecule has 0 fully saturated rings. The number of rotatable bonds is 11. The van der Waals surface area contributed by atoms with E-state index in [1.165, 1.54) is 0 Å². The van der Waals surface area contributed by atoms with Crippen LogP contribution in [-0.4, -0.2) is 29.6 Å². The van der Waals surface area contributed by atoms with E-state index in [1.807, 2.05) is 90.7 Å². The Labute approximate surface area is 237 Å². The molecule has 0 saturated carbocycles. The molecule has 2 N–H and O–H groups in total. The van der Waals surface area contributed by atoms with Gasteiger partial charge in [-0.1, -0.05) is 87.5 Å². The van der Waals surface area contributed by atoms with Crippen LogP contribution in [-0.2, 0) is 6.42 Å². The number of aliphatic hydroxyl groups excluding tert-OH is 1. The third kappa shape index (κ3) is 7.04. The molecule has 4 aromatic rings. The Bertz CT molecular complexity index is 1420. The number of benzene rings is 4. The minimum Gasteiger partial charge on any atom is -0.393 e. The molecule has 0 aromatic heterocycles. The van der Waals surface area contributed by atoms with Gasteiger partial charge in [0.1, 0.15) is 0 Å². The van der Waals surface area contributed by atoms with Crippen LogP contribution in [0, 0.1) is 5.92 Å². The fraction of sp³-hybridized carbons (Fsp3) is 0.257. The Morgan fingerprint density at radius 3 is 2.17 bits per heavy atom. The molecule has 0 aliphatic rings. The topological polar surface area (TPSA) is 69.6 Å². The minimum absolute atomic E-state index is 0.106. The van der Waals surface area contributed by atoms with E-state index >= 15 is 0 Å². The van der Waals surface area contributed by atoms with Crippen LogP contribution in [0.25, 0.3) is 11.1 Å². The standard InChI is InChI=1S/C35H38N2O3/c1-4-26-13-9-12-18-33(26)37(24-25(3)23-30(38)5-2)35(40)28-19-21-29(22-20-28)36-34(39)32-17-11-10-16-31(32)27-14-7-6-8-15-27/h6-22,25,30,38H,4-5,23-24H2,1-3H3,(H,36,39)/t25?,30-/m0/s1. The molecule has 0 aliphatic heterocycles. The molecular weight excluding hydrogens is 496 g/mol. The van der Waals surface area contributed by atoms with Gasteiger partial charge < -0.3 is 15.3 Å². The van der Waals surface area contributed by atoms with Crippen LogP contribution in [0.1, 0.15) is 59.9 Å². The van der Waals surface area contributed by atoms with Crippen LogP contribution in [0.15, 0.2) is 103 Å². The van der Waals surface area contributed by atoms with Crippen LogP contribution >= 0.6 is 0 Å². The predicted molar refractivity (Wildman–Crippen MR) is 164 cm³/mol. The number of nitrogens with zero attached hydrogens (tertiary/aromatic N) is 1. The van der Waals surface area contributed by atoms with Crippen molar-refractivity contribution in [3.8, 4) is 11.1 Å². The molecule has 0 spiro atoms. The molecule has 0 aliphatic carbocycles. The fourth-order valence-corrected chi connectivity index (χ4v) is 4.98. The van der Waals surface area contributed by atoms with E-state index in [0.29, 0.717) is 36.2 Å². The molecule has 4 aromatic carbocycles. The molecule has 0 radical (unpaired) electrons. The van der Waals surface area contributed by atoms with Gasteiger partial charge in [-0.15, -0.1) is 0 Å². The van der Waals surface area contributed by atoms with Gasteiger partial charge in [-0.25, -0.2) is 0 Å². The van der Waals surface area contributed by atoms with Crippen molar-refractivity contribution >= 4 is 23.2 Å². The number of aliphatic hydroxyl groups is 1. The number of amides is 2. The van der Waals surface area contributed by atoms with Crippen molar-refractivity contribution in [1.82, 2.24) is 0 Å². The van der Waals surface area contributed by atoms with E-state index in [-0.39, 0.29) is 23.8 Å². The second-order valence-corrected chi connectivity index (χ2v) is 10.2. The van der Waals surface area contributed by atoms with Crippen molar-refractivity contribution in [2.24, 2.45) is 5.92 Å². The zero-order valence-electron chi connectivity index (χ0n) is 23.5. The van der Waals surface area contributed by atoms with Crippen LogP contribution in [0.5, 0.6) is 0 Å². The number of aryl methyl sites for hydroxylation is 1. The van der Waals surface area contributed by atoms with Gasteiger partial charge in [-0.3, -0.25) is 9.59 Å². The number of carbonyl (C=O) groups is 2. The molecule has 5 heteroatoms. The average Bonchev–Trinajstić information content (AvgIpc) is 3.00. The van der Waals surface area contributed by atoms with Crippen LogP contribution in [0.3, 0.4) is 0 Å². The number of para-hydroxylation sites is 1. The lowest BCUT2D eigenvalue weighted by Crippen LogP contribution is -2.36. The summed E-state index contributed by atoms with van der Waals surface area (Å²) in [4.78, 5) is 28.9. The SMILES string of the molecule is CCc1ccccc1N(CC(C)C[C@@H](O)CC)C(=O)c1ccc(NC(=O)c2ccccc2-c2ccccc2)cc1. The normalized spacial score (nSPS) is 12.4. The van der Waals surface area contributed by atoms with E-state index in [1.54, 1.807) is 24.3 Å². The molecule has 0 saturated heterocycles. The molecule has 1 unspecified atom stereocenters. The van der Waals surface area contributed by atoms with Gasteiger partial charge in [0.2, 0.25) is 0 Å². The Balaban J connectivity index is 1.55. The lowest BCUT2D eigenvalue weighted by atomic mass is 9.99. The predicted octanol–water partition coefficient (Wildman–Crippen LogP) is 7.61. The monoisotopic (exact) mass is 534 g/mol. The van der Waals surface area contributed by atoms with Crippen molar-refractivity contribution in [2.45, 2.75) is 46.1 Å². The van der Waals surface area contributed by atoms with E-state index < -0.39 is 0 Å². The Morgan fingerprint density at radius 2 is 1.48 bits per heavy atom. The summed E-state index contributed by atoms with van der Waals surface area (Å²) < 4.78 is 0. The zero-order chi connectivity index (χ0) is 28.5. The van der Waals surface area contributed by atoms with Crippen molar-refractivity contribution in [1.29, 1.82) is 0 Å². The molecule has 5 nitrogen and oxygen atoms in total. The lowest BCUT2D eigenvalue weighted by molar-refractivity contribution is 0.0973. The van der Waals surface area contributed by atoms with Gasteiger partial charge in [0.05, 0.1) is 6.10 Å². The molecule has 2 amide bonds. The highest BCUT2D eigenvalue weighted by Crippen LogP contribution is 2.27. The first-order valence-electron chi connectivity index (χ1n) is 14.0. The van der Waals surface area contributed by atoms with Gasteiger partial charge in [-0.05, 0) is 78.3 Å². The number of hydrogen-bond donors (Lipinski definition) is 2. The van der Waals surface area contributed by atoms with Gasteiger partial charge in [0.25, 0.3) is 11.8 Å². The summed E-state index contributed by atoms with van der Waals surface area (Å²) in [5.41, 5.74) is 5.56. The van der Waals surface area contributed by atoms with E-state index in [4.69, 9.17) is 0 Å². The smallest absolute Gasteiger partial charge is 0.258 e. The number of nitrogens with one attached hydrogen (secondary N) is 1. The van der Waals surface area contributed by atoms with E-state index in [2.05, 4.69) is 19.2 Å². The molecule has 0 heterocycles. The largest absolute Gasteiger partial charge is 0.393 e. The second-order valence-electron chi connectivity index (χ2n) is 10.2. The average molecular weight is 535 g/mol. The number of carbonyl (C=O) groups excluding carboxylic acids is 2. The summed E-state index contributed by atoms with van der Waals surface area (Å²) >= 11 is 0. The minimum atomic E-state index is -0.386. The molecule has 2 atom stereocenters. The first kappa shape index (κ1) is 28.8. The van der Waals surface area contributed by atoms with E-state index in [9.17, 15) is 14.7 Å². The summed E-state index contributed by atoms with van der Waals surface area (Å²) in [6.45, 7) is 6.62. The maximum atomic E-state index is 13.8. The van der Waals surface area contributed by atoms with Gasteiger partial charge in [0.15, 0.2) is 0 Å². The lowest BCUT2D eigenvalue weighted by Gasteiger charge is -2.29. The molecule has 206 valence electrons. The summed E-state index contributed by atoms with van der Waals surface area (Å²) in [7, 11) is 0. The van der Waals surface area contributed by atoms with Crippen molar-refractivity contribution < 1.29 is 14.7 Å². The Morgan fingerprint density at radius 1 is 0.825 bits per heavy atom. The molecule has 40 heavy (non-hydrogen) atoms. The number of anilines is 2. The third-order valence-corrected chi connectivity index (χ3v) is 7.19. The Hall–Kier alpha value is -4.22. The summed E-state index contributed by atoms with van der Waals surface area (Å²) in [5, 5.41) is 13.2. The highest BCUT2D eigenvalue weighted by Gasteiger charge is 2.23. The molecular formula is C35H38N2O3. The maximum Gasteiger partial charge on any atom is 0.258 e. The van der Waals surface area contributed by atoms with Crippen molar-refractivity contribution in [3.05, 3.63) is 120 Å². The highest BCUT2D eigenvalue weighted by molar-refractivity contribution is 6.09. The summed E-state index contributed by atoms with van der Waals surface area (Å²) in [5.74, 6) is -0.196. The highest BCUT2D eigenvalue weighted by atomic mass is 16.3. The summed E-state index contributed by atoms with van der Waals surface area (Å²) in [6, 6.07) is 32.4. The summed E-state index contributed by atoms with van der Waals surface area (Å²) in [6.07, 6.45) is 1.74. The van der Waals surface area contributed by atoms with Crippen LogP contribution in [0.2, 0.25) is 0 Å². The number of hydrogen-bond acceptors (Lipinski definition) is 3. The quantitative estimate of drug-likeness (QED) is 0.208. The molecule has 4 rings (SSSR count). The van der Waals surface area contributed by atoms with Crippen molar-refractivity contribution in [3.63, 3.8) is 0 Å². The van der Waals surface area contributed by atoms with Gasteiger partial charge in [-0.2, -0.15) is 0 Å². The van der Waals surface area contributed by atoms with E-state index in [0.717, 1.165) is 28.8 Å². The zero-order valence-corrected chi connectivity index (χ0v) is 23.5. The van der Waals surface area contributed by atoms with Crippen molar-refractivity contribution in [2.75, 3.05) is 16.8 Å². The first-order valence-corrected chi connectivity index (χ1v) is 14.0. The third-order valence-electron chi connectivity index (χ3n) is 7.19. The van der Waals surface area contributed by atoms with Crippen LogP contribution < -0.4 is 10.2 Å². The fourth-order valence-electron chi connectivity index (χ4n) is 4.98. The second kappa shape index (κ2) is 13.7. The van der Waals surface area contributed by atoms with Gasteiger partial charge >= 0.3 is 0 Å². The maximum absolute atomic E-state index is 13.8. The van der Waals surface area contributed by atoms with Gasteiger partial charge in [0, 0.05) is 29.0 Å². The Kier molecular flexibility index (Phi) is 9.87. The molecule has 0 bridgehead atoms.